The van der Waals surface area contributed by atoms with Gasteiger partial charge in [-0.3, -0.25) is 0 Å². The number of aliphatic hydroxyl groups excluding tert-OH is 1. The molecule has 0 aliphatic rings. The molecule has 0 saturated heterocycles. The first-order valence-corrected chi connectivity index (χ1v) is 4.53. The number of hydrogen-bond donors (Lipinski definition) is 1. The van der Waals surface area contributed by atoms with E-state index in [0.29, 0.717) is 11.7 Å². The molecule has 4 nitrogen and oxygen atoms in total. The van der Waals surface area contributed by atoms with Crippen molar-refractivity contribution in [1.29, 1.82) is 0 Å². The molecule has 0 spiro atoms. The van der Waals surface area contributed by atoms with Crippen LogP contribution in [0.2, 0.25) is 0 Å². The lowest BCUT2D eigenvalue weighted by atomic mass is 10.2. The van der Waals surface area contributed by atoms with Crippen LogP contribution in [0.3, 0.4) is 0 Å². The van der Waals surface area contributed by atoms with Crippen molar-refractivity contribution >= 4 is 0 Å². The lowest BCUT2D eigenvalue weighted by Crippen LogP contribution is -1.83. The fraction of sp³-hybridized carbons (Fsp3) is 0.182. The van der Waals surface area contributed by atoms with Crippen molar-refractivity contribution in [3.63, 3.8) is 0 Å². The number of ether oxygens (including phenoxy) is 1. The Morgan fingerprint density at radius 3 is 3.00 bits per heavy atom. The van der Waals surface area contributed by atoms with Gasteiger partial charge < -0.3 is 14.3 Å². The van der Waals surface area contributed by atoms with E-state index in [4.69, 9.17) is 14.3 Å². The standard InChI is InChI=1S/C11H11NO3/c1-14-9-4-2-3-8(5-9)11-12-6-10(7-13)15-11/h2-6,13H,7H2,1H3. The van der Waals surface area contributed by atoms with Crippen LogP contribution in [-0.2, 0) is 6.61 Å². The summed E-state index contributed by atoms with van der Waals surface area (Å²) in [5, 5.41) is 8.84. The summed E-state index contributed by atoms with van der Waals surface area (Å²) in [7, 11) is 1.60. The van der Waals surface area contributed by atoms with Crippen LogP contribution in [0, 0.1) is 0 Å². The van der Waals surface area contributed by atoms with Crippen LogP contribution in [0.25, 0.3) is 11.5 Å². The highest BCUT2D eigenvalue weighted by molar-refractivity contribution is 5.55. The van der Waals surface area contributed by atoms with Crippen LogP contribution >= 0.6 is 0 Å². The number of rotatable bonds is 3. The molecule has 0 aliphatic heterocycles. The van der Waals surface area contributed by atoms with Crippen LogP contribution < -0.4 is 4.74 Å². The minimum Gasteiger partial charge on any atom is -0.497 e. The summed E-state index contributed by atoms with van der Waals surface area (Å²) >= 11 is 0. The molecule has 1 aromatic heterocycles. The van der Waals surface area contributed by atoms with Gasteiger partial charge in [-0.1, -0.05) is 6.07 Å². The molecule has 4 heteroatoms. The SMILES string of the molecule is COc1cccc(-c2ncc(CO)o2)c1. The smallest absolute Gasteiger partial charge is 0.226 e. The molecule has 78 valence electrons. The molecule has 1 heterocycles. The van der Waals surface area contributed by atoms with Gasteiger partial charge in [-0.15, -0.1) is 0 Å². The van der Waals surface area contributed by atoms with Crippen molar-refractivity contribution in [3.8, 4) is 17.2 Å². The normalized spacial score (nSPS) is 10.3. The van der Waals surface area contributed by atoms with E-state index < -0.39 is 0 Å². The van der Waals surface area contributed by atoms with Crippen molar-refractivity contribution in [2.75, 3.05) is 7.11 Å². The van der Waals surface area contributed by atoms with Crippen LogP contribution in [0.1, 0.15) is 5.76 Å². The number of oxazole rings is 1. The monoisotopic (exact) mass is 205 g/mol. The van der Waals surface area contributed by atoms with Crippen molar-refractivity contribution in [1.82, 2.24) is 4.98 Å². The first kappa shape index (κ1) is 9.73. The Morgan fingerprint density at radius 1 is 1.47 bits per heavy atom. The molecule has 2 rings (SSSR count). The maximum atomic E-state index is 8.84. The van der Waals surface area contributed by atoms with Gasteiger partial charge in [0, 0.05) is 5.56 Å². The summed E-state index contributed by atoms with van der Waals surface area (Å²) in [6, 6.07) is 7.40. The third-order valence-electron chi connectivity index (χ3n) is 2.03. The molecule has 1 aromatic carbocycles. The summed E-state index contributed by atoms with van der Waals surface area (Å²) < 4.78 is 10.4. The summed E-state index contributed by atoms with van der Waals surface area (Å²) in [4.78, 5) is 4.05. The number of benzene rings is 1. The summed E-state index contributed by atoms with van der Waals surface area (Å²) in [6.07, 6.45) is 1.51. The van der Waals surface area contributed by atoms with Gasteiger partial charge >= 0.3 is 0 Å². The third kappa shape index (κ3) is 1.99. The van der Waals surface area contributed by atoms with Crippen LogP contribution in [0.15, 0.2) is 34.9 Å². The van der Waals surface area contributed by atoms with E-state index in [9.17, 15) is 0 Å². The highest BCUT2D eigenvalue weighted by Crippen LogP contribution is 2.23. The Balaban J connectivity index is 2.35. The summed E-state index contributed by atoms with van der Waals surface area (Å²) in [5.74, 6) is 1.68. The van der Waals surface area contributed by atoms with Gasteiger partial charge in [-0.25, -0.2) is 4.98 Å². The van der Waals surface area contributed by atoms with Gasteiger partial charge in [-0.2, -0.15) is 0 Å². The third-order valence-corrected chi connectivity index (χ3v) is 2.03. The lowest BCUT2D eigenvalue weighted by molar-refractivity contribution is 0.248. The number of aromatic nitrogens is 1. The molecule has 0 fully saturated rings. The van der Waals surface area contributed by atoms with Crippen molar-refractivity contribution in [3.05, 3.63) is 36.2 Å². The zero-order chi connectivity index (χ0) is 10.7. The van der Waals surface area contributed by atoms with E-state index >= 15 is 0 Å². The molecule has 15 heavy (non-hydrogen) atoms. The number of nitrogens with zero attached hydrogens (tertiary/aromatic N) is 1. The molecule has 0 aliphatic carbocycles. The van der Waals surface area contributed by atoms with Crippen molar-refractivity contribution in [2.24, 2.45) is 0 Å². The summed E-state index contributed by atoms with van der Waals surface area (Å²) in [5.41, 5.74) is 0.828. The maximum absolute atomic E-state index is 8.84. The predicted molar refractivity (Wildman–Crippen MR) is 54.4 cm³/mol. The second kappa shape index (κ2) is 4.14. The zero-order valence-corrected chi connectivity index (χ0v) is 8.30. The topological polar surface area (TPSA) is 55.5 Å². The van der Waals surface area contributed by atoms with Gasteiger partial charge in [0.2, 0.25) is 5.89 Å². The largest absolute Gasteiger partial charge is 0.497 e. The lowest BCUT2D eigenvalue weighted by Gasteiger charge is -2.00. The molecule has 0 atom stereocenters. The molecule has 0 amide bonds. The molecule has 0 unspecified atom stereocenters. The Morgan fingerprint density at radius 2 is 2.33 bits per heavy atom. The minimum absolute atomic E-state index is 0.142. The number of aliphatic hydroxyl groups is 1. The van der Waals surface area contributed by atoms with Gasteiger partial charge in [-0.05, 0) is 18.2 Å². The Labute approximate surface area is 87.1 Å². The van der Waals surface area contributed by atoms with Crippen LogP contribution in [-0.4, -0.2) is 17.2 Å². The quantitative estimate of drug-likeness (QED) is 0.830. The van der Waals surface area contributed by atoms with E-state index in [1.165, 1.54) is 6.20 Å². The van der Waals surface area contributed by atoms with E-state index in [1.54, 1.807) is 7.11 Å². The van der Waals surface area contributed by atoms with E-state index in [1.807, 2.05) is 24.3 Å². The van der Waals surface area contributed by atoms with Crippen molar-refractivity contribution < 1.29 is 14.3 Å². The molecule has 0 saturated carbocycles. The summed E-state index contributed by atoms with van der Waals surface area (Å²) in [6.45, 7) is -0.142. The fourth-order valence-electron chi connectivity index (χ4n) is 1.27. The van der Waals surface area contributed by atoms with Gasteiger partial charge in [0.1, 0.15) is 18.1 Å². The Kier molecular flexibility index (Phi) is 2.69. The molecule has 0 radical (unpaired) electrons. The average molecular weight is 205 g/mol. The highest BCUT2D eigenvalue weighted by Gasteiger charge is 2.06. The Hall–Kier alpha value is -1.81. The fourth-order valence-corrected chi connectivity index (χ4v) is 1.27. The number of methoxy groups -OCH3 is 1. The van der Waals surface area contributed by atoms with Gasteiger partial charge in [0.25, 0.3) is 0 Å². The first-order valence-electron chi connectivity index (χ1n) is 4.53. The minimum atomic E-state index is -0.142. The second-order valence-corrected chi connectivity index (χ2v) is 3.02. The van der Waals surface area contributed by atoms with Gasteiger partial charge in [0.15, 0.2) is 0 Å². The van der Waals surface area contributed by atoms with Crippen LogP contribution in [0.4, 0.5) is 0 Å². The zero-order valence-electron chi connectivity index (χ0n) is 8.30. The van der Waals surface area contributed by atoms with Gasteiger partial charge in [0.05, 0.1) is 13.3 Å². The molecule has 2 aromatic rings. The van der Waals surface area contributed by atoms with Crippen molar-refractivity contribution in [2.45, 2.75) is 6.61 Å². The average Bonchev–Trinajstić information content (AvgIpc) is 2.78. The van der Waals surface area contributed by atoms with E-state index in [-0.39, 0.29) is 6.61 Å². The van der Waals surface area contributed by atoms with E-state index in [0.717, 1.165) is 11.3 Å². The predicted octanol–water partition coefficient (Wildman–Crippen LogP) is 1.84. The first-order chi connectivity index (χ1) is 7.33. The maximum Gasteiger partial charge on any atom is 0.226 e. The van der Waals surface area contributed by atoms with Crippen LogP contribution in [0.5, 0.6) is 5.75 Å². The molecule has 1 N–H and O–H groups in total. The molecular weight excluding hydrogens is 194 g/mol. The molecule has 0 bridgehead atoms. The Bertz CT molecular complexity index is 451. The number of hydrogen-bond acceptors (Lipinski definition) is 4. The highest BCUT2D eigenvalue weighted by atomic mass is 16.5. The second-order valence-electron chi connectivity index (χ2n) is 3.02. The van der Waals surface area contributed by atoms with E-state index in [2.05, 4.69) is 4.98 Å². The molecular formula is C11H11NO3.